The number of nitrogens with one attached hydrogen (secondary N) is 2. The molecule has 0 fully saturated rings. The number of esters is 1. The van der Waals surface area contributed by atoms with Crippen molar-refractivity contribution in [3.8, 4) is 34.5 Å². The lowest BCUT2D eigenvalue weighted by Gasteiger charge is -2.20. The number of phenolic OH excluding ortho intramolecular Hbond substituents is 4. The summed E-state index contributed by atoms with van der Waals surface area (Å²) in [4.78, 5) is 37.3. The third-order valence-electron chi connectivity index (χ3n) is 6.07. The number of hydrogen-bond acceptors (Lipinski definition) is 10. The first-order chi connectivity index (χ1) is 20.0. The molecule has 0 aliphatic rings. The standard InChI is InChI=1S/C30H27N3O9/c1-16(41-30(40)22-5-3-7-24(35)27(22)37)25(31)29(39)33-18-10-14-20(15-11-18)42-19-12-8-17(9-13-19)32-28(38)21-4-2-6-23(34)26(21)36/h2-16,25,34-37H,31H2,1H3,(H,32,38)(H,33,39)/t16-,25+/m1/s1. The zero-order valence-electron chi connectivity index (χ0n) is 22.1. The van der Waals surface area contributed by atoms with Crippen LogP contribution in [0.5, 0.6) is 34.5 Å². The van der Waals surface area contributed by atoms with E-state index < -0.39 is 52.9 Å². The van der Waals surface area contributed by atoms with Gasteiger partial charge in [-0.25, -0.2) is 4.79 Å². The first-order valence-corrected chi connectivity index (χ1v) is 12.5. The van der Waals surface area contributed by atoms with E-state index in [-0.39, 0.29) is 11.1 Å². The summed E-state index contributed by atoms with van der Waals surface area (Å²) in [5.74, 6) is -3.30. The SMILES string of the molecule is C[C@@H](OC(=O)c1cccc(O)c1O)[C@H](N)C(=O)Nc1ccc(Oc2ccc(NC(=O)c3cccc(O)c3O)cc2)cc1. The van der Waals surface area contributed by atoms with Crippen molar-refractivity contribution in [2.75, 3.05) is 10.6 Å². The van der Waals surface area contributed by atoms with Gasteiger partial charge in [-0.05, 0) is 79.7 Å². The first-order valence-electron chi connectivity index (χ1n) is 12.5. The van der Waals surface area contributed by atoms with E-state index in [2.05, 4.69) is 10.6 Å². The lowest BCUT2D eigenvalue weighted by Crippen LogP contribution is -2.45. The number of carbonyl (C=O) groups is 3. The number of rotatable bonds is 9. The molecule has 0 aliphatic heterocycles. The zero-order chi connectivity index (χ0) is 30.4. The van der Waals surface area contributed by atoms with Crippen LogP contribution in [0.1, 0.15) is 27.6 Å². The second-order valence-electron chi connectivity index (χ2n) is 9.08. The second kappa shape index (κ2) is 12.6. The van der Waals surface area contributed by atoms with E-state index in [1.807, 2.05) is 0 Å². The van der Waals surface area contributed by atoms with Gasteiger partial charge in [0.05, 0.1) is 5.56 Å². The highest BCUT2D eigenvalue weighted by Crippen LogP contribution is 2.30. The Labute approximate surface area is 239 Å². The summed E-state index contributed by atoms with van der Waals surface area (Å²) < 4.78 is 11.0. The van der Waals surface area contributed by atoms with Crippen molar-refractivity contribution in [3.05, 3.63) is 96.1 Å². The normalized spacial score (nSPS) is 12.0. The summed E-state index contributed by atoms with van der Waals surface area (Å²) >= 11 is 0. The minimum Gasteiger partial charge on any atom is -0.504 e. The molecule has 0 saturated carbocycles. The second-order valence-corrected chi connectivity index (χ2v) is 9.08. The average Bonchev–Trinajstić information content (AvgIpc) is 2.97. The highest BCUT2D eigenvalue weighted by Gasteiger charge is 2.26. The Kier molecular flexibility index (Phi) is 8.78. The molecule has 0 heterocycles. The molecule has 4 aromatic carbocycles. The molecular formula is C30H27N3O9. The fourth-order valence-electron chi connectivity index (χ4n) is 3.70. The quantitative estimate of drug-likeness (QED) is 0.113. The maximum Gasteiger partial charge on any atom is 0.342 e. The Morgan fingerprint density at radius 1 is 0.690 bits per heavy atom. The van der Waals surface area contributed by atoms with Crippen LogP contribution in [0.15, 0.2) is 84.9 Å². The van der Waals surface area contributed by atoms with Gasteiger partial charge in [-0.2, -0.15) is 0 Å². The van der Waals surface area contributed by atoms with Gasteiger partial charge in [0.2, 0.25) is 5.91 Å². The van der Waals surface area contributed by atoms with E-state index >= 15 is 0 Å². The number of nitrogens with two attached hydrogens (primary N) is 1. The van der Waals surface area contributed by atoms with Gasteiger partial charge < -0.3 is 46.3 Å². The maximum absolute atomic E-state index is 12.6. The monoisotopic (exact) mass is 573 g/mol. The average molecular weight is 574 g/mol. The molecule has 4 aromatic rings. The van der Waals surface area contributed by atoms with E-state index in [0.29, 0.717) is 22.9 Å². The third-order valence-corrected chi connectivity index (χ3v) is 6.07. The predicted molar refractivity (Wildman–Crippen MR) is 152 cm³/mol. The molecule has 0 aliphatic carbocycles. The van der Waals surface area contributed by atoms with E-state index in [9.17, 15) is 34.8 Å². The molecule has 0 radical (unpaired) electrons. The van der Waals surface area contributed by atoms with Gasteiger partial charge >= 0.3 is 5.97 Å². The molecule has 0 saturated heterocycles. The molecule has 0 spiro atoms. The third kappa shape index (κ3) is 6.87. The molecule has 8 N–H and O–H groups in total. The van der Waals surface area contributed by atoms with Crippen LogP contribution >= 0.6 is 0 Å². The Hall–Kier alpha value is -5.75. The molecular weight excluding hydrogens is 546 g/mol. The van der Waals surface area contributed by atoms with Crippen LogP contribution in [0.2, 0.25) is 0 Å². The predicted octanol–water partition coefficient (Wildman–Crippen LogP) is 4.06. The fraction of sp³-hybridized carbons (Fsp3) is 0.100. The van der Waals surface area contributed by atoms with Gasteiger partial charge in [0.15, 0.2) is 23.0 Å². The highest BCUT2D eigenvalue weighted by molar-refractivity contribution is 6.06. The summed E-state index contributed by atoms with van der Waals surface area (Å²) in [6, 6.07) is 19.5. The molecule has 0 bridgehead atoms. The largest absolute Gasteiger partial charge is 0.504 e. The van der Waals surface area contributed by atoms with Crippen LogP contribution in [0.3, 0.4) is 0 Å². The van der Waals surface area contributed by atoms with E-state index in [0.717, 1.165) is 0 Å². The van der Waals surface area contributed by atoms with Crippen LogP contribution < -0.4 is 21.1 Å². The smallest absolute Gasteiger partial charge is 0.342 e. The molecule has 0 unspecified atom stereocenters. The van der Waals surface area contributed by atoms with Crippen molar-refractivity contribution in [1.29, 1.82) is 0 Å². The minimum absolute atomic E-state index is 0.0763. The van der Waals surface area contributed by atoms with Gasteiger partial charge in [-0.3, -0.25) is 9.59 Å². The first kappa shape index (κ1) is 29.2. The number of amides is 2. The Balaban J connectivity index is 1.29. The highest BCUT2D eigenvalue weighted by atomic mass is 16.5. The topological polar surface area (TPSA) is 201 Å². The van der Waals surface area contributed by atoms with Gasteiger partial charge in [-0.15, -0.1) is 0 Å². The van der Waals surface area contributed by atoms with Gasteiger partial charge in [-0.1, -0.05) is 12.1 Å². The summed E-state index contributed by atoms with van der Waals surface area (Å²) in [6.07, 6.45) is -1.06. The molecule has 0 aromatic heterocycles. The molecule has 2 atom stereocenters. The van der Waals surface area contributed by atoms with Crippen LogP contribution in [0, 0.1) is 0 Å². The van der Waals surface area contributed by atoms with Crippen LogP contribution in [0.25, 0.3) is 0 Å². The van der Waals surface area contributed by atoms with Crippen molar-refractivity contribution in [2.24, 2.45) is 5.73 Å². The molecule has 12 heteroatoms. The summed E-state index contributed by atoms with van der Waals surface area (Å²) in [5, 5.41) is 44.1. The Bertz CT molecular complexity index is 1610. The van der Waals surface area contributed by atoms with Crippen LogP contribution in [0.4, 0.5) is 11.4 Å². The van der Waals surface area contributed by atoms with Gasteiger partial charge in [0.1, 0.15) is 29.2 Å². The lowest BCUT2D eigenvalue weighted by atomic mass is 10.1. The van der Waals surface area contributed by atoms with Crippen molar-refractivity contribution in [2.45, 2.75) is 19.1 Å². The summed E-state index contributed by atoms with van der Waals surface area (Å²) in [6.45, 7) is 1.42. The number of ether oxygens (including phenoxy) is 2. The molecule has 216 valence electrons. The van der Waals surface area contributed by atoms with Crippen molar-refractivity contribution < 1.29 is 44.3 Å². The van der Waals surface area contributed by atoms with Gasteiger partial charge in [0, 0.05) is 11.4 Å². The number of benzene rings is 4. The number of aromatic hydroxyl groups is 4. The number of phenols is 4. The van der Waals surface area contributed by atoms with E-state index in [1.54, 1.807) is 48.5 Å². The number of para-hydroxylation sites is 2. The van der Waals surface area contributed by atoms with Crippen molar-refractivity contribution in [1.82, 2.24) is 0 Å². The van der Waals surface area contributed by atoms with Crippen LogP contribution in [-0.2, 0) is 9.53 Å². The Morgan fingerprint density at radius 3 is 1.71 bits per heavy atom. The molecule has 42 heavy (non-hydrogen) atoms. The van der Waals surface area contributed by atoms with Crippen molar-refractivity contribution >= 4 is 29.2 Å². The minimum atomic E-state index is -1.24. The van der Waals surface area contributed by atoms with Crippen LogP contribution in [-0.4, -0.2) is 50.4 Å². The lowest BCUT2D eigenvalue weighted by molar-refractivity contribution is -0.119. The van der Waals surface area contributed by atoms with Crippen molar-refractivity contribution in [3.63, 3.8) is 0 Å². The van der Waals surface area contributed by atoms with Gasteiger partial charge in [0.25, 0.3) is 5.91 Å². The molecule has 2 amide bonds. The summed E-state index contributed by atoms with van der Waals surface area (Å²) in [5.41, 5.74) is 6.44. The van der Waals surface area contributed by atoms with E-state index in [4.69, 9.17) is 15.2 Å². The van der Waals surface area contributed by atoms with E-state index in [1.165, 1.54) is 43.3 Å². The molecule has 4 rings (SSSR count). The number of carbonyl (C=O) groups excluding carboxylic acids is 3. The Morgan fingerprint density at radius 2 is 1.17 bits per heavy atom. The number of anilines is 2. The zero-order valence-corrected chi connectivity index (χ0v) is 22.1. The summed E-state index contributed by atoms with van der Waals surface area (Å²) in [7, 11) is 0. The number of hydrogen-bond donors (Lipinski definition) is 7. The maximum atomic E-state index is 12.6. The molecule has 12 nitrogen and oxygen atoms in total. The fourth-order valence-corrected chi connectivity index (χ4v) is 3.70.